The minimum absolute atomic E-state index is 0.00514. The molecule has 0 atom stereocenters. The maximum absolute atomic E-state index is 11.7. The molecule has 18 heavy (non-hydrogen) atoms. The minimum Gasteiger partial charge on any atom is -0.478 e. The second kappa shape index (κ2) is 7.18. The highest BCUT2D eigenvalue weighted by molar-refractivity contribution is 8.13. The third-order valence-electron chi connectivity index (χ3n) is 2.33. The molecule has 0 saturated carbocycles. The van der Waals surface area contributed by atoms with Gasteiger partial charge < -0.3 is 10.0 Å². The van der Waals surface area contributed by atoms with E-state index in [-0.39, 0.29) is 10.7 Å². The van der Waals surface area contributed by atoms with Crippen LogP contribution in [0.15, 0.2) is 29.2 Å². The van der Waals surface area contributed by atoms with Crippen LogP contribution in [-0.2, 0) is 4.79 Å². The molecule has 0 aliphatic rings. The van der Waals surface area contributed by atoms with E-state index in [2.05, 4.69) is 0 Å². The molecule has 0 saturated heterocycles. The van der Waals surface area contributed by atoms with Gasteiger partial charge in [0, 0.05) is 11.3 Å². The van der Waals surface area contributed by atoms with Gasteiger partial charge in [0.05, 0.1) is 5.56 Å². The van der Waals surface area contributed by atoms with E-state index in [0.29, 0.717) is 11.3 Å². The first-order valence-electron chi connectivity index (χ1n) is 5.68. The molecular formula is C13H17NO3S. The van der Waals surface area contributed by atoms with Gasteiger partial charge in [0.15, 0.2) is 5.12 Å². The van der Waals surface area contributed by atoms with Crippen molar-refractivity contribution < 1.29 is 14.7 Å². The van der Waals surface area contributed by atoms with Crippen molar-refractivity contribution in [2.24, 2.45) is 0 Å². The van der Waals surface area contributed by atoms with Crippen LogP contribution in [0.25, 0.3) is 0 Å². The maximum Gasteiger partial charge on any atom is 0.336 e. The second-order valence-electron chi connectivity index (χ2n) is 4.18. The Morgan fingerprint density at radius 1 is 1.28 bits per heavy atom. The van der Waals surface area contributed by atoms with Gasteiger partial charge in [0.25, 0.3) is 0 Å². The van der Waals surface area contributed by atoms with Crippen LogP contribution >= 0.6 is 11.8 Å². The second-order valence-corrected chi connectivity index (χ2v) is 5.28. The number of carbonyl (C=O) groups is 2. The van der Waals surface area contributed by atoms with Gasteiger partial charge in [-0.25, -0.2) is 4.79 Å². The van der Waals surface area contributed by atoms with Crippen LogP contribution in [0.2, 0.25) is 0 Å². The van der Waals surface area contributed by atoms with Crippen molar-refractivity contribution in [2.75, 3.05) is 20.6 Å². The fourth-order valence-corrected chi connectivity index (χ4v) is 2.35. The van der Waals surface area contributed by atoms with Crippen molar-refractivity contribution >= 4 is 22.8 Å². The number of carboxylic acid groups (broad SMARTS) is 1. The summed E-state index contributed by atoms with van der Waals surface area (Å²) in [5.74, 6) is -1.00. The van der Waals surface area contributed by atoms with Gasteiger partial charge in [0.2, 0.25) is 0 Å². The lowest BCUT2D eigenvalue weighted by atomic mass is 10.2. The molecule has 0 aromatic heterocycles. The highest BCUT2D eigenvalue weighted by Gasteiger charge is 2.13. The Kier molecular flexibility index (Phi) is 5.88. The Morgan fingerprint density at radius 2 is 1.94 bits per heavy atom. The molecule has 0 radical (unpaired) electrons. The molecule has 0 heterocycles. The van der Waals surface area contributed by atoms with E-state index in [9.17, 15) is 9.59 Å². The predicted molar refractivity (Wildman–Crippen MR) is 72.1 cm³/mol. The predicted octanol–water partition coefficient (Wildman–Crippen LogP) is 2.35. The number of carboxylic acids is 1. The zero-order chi connectivity index (χ0) is 13.5. The molecule has 98 valence electrons. The molecule has 0 bridgehead atoms. The van der Waals surface area contributed by atoms with Gasteiger partial charge in [-0.2, -0.15) is 0 Å². The zero-order valence-electron chi connectivity index (χ0n) is 10.5. The molecule has 0 aliphatic heterocycles. The van der Waals surface area contributed by atoms with E-state index in [1.165, 1.54) is 6.07 Å². The monoisotopic (exact) mass is 267 g/mol. The van der Waals surface area contributed by atoms with Gasteiger partial charge in [0.1, 0.15) is 0 Å². The van der Waals surface area contributed by atoms with E-state index in [0.717, 1.165) is 24.7 Å². The number of thioether (sulfide) groups is 1. The summed E-state index contributed by atoms with van der Waals surface area (Å²) in [5, 5.41) is 9.00. The lowest BCUT2D eigenvalue weighted by Crippen LogP contribution is -2.13. The maximum atomic E-state index is 11.7. The smallest absolute Gasteiger partial charge is 0.336 e. The summed E-state index contributed by atoms with van der Waals surface area (Å²) in [5.41, 5.74) is 0.184. The zero-order valence-corrected chi connectivity index (χ0v) is 11.4. The molecule has 1 aromatic rings. The Balaban J connectivity index is 2.56. The lowest BCUT2D eigenvalue weighted by Gasteiger charge is -2.08. The summed E-state index contributed by atoms with van der Waals surface area (Å²) < 4.78 is 0. The minimum atomic E-state index is -1.00. The largest absolute Gasteiger partial charge is 0.478 e. The van der Waals surface area contributed by atoms with E-state index in [1.54, 1.807) is 18.2 Å². The van der Waals surface area contributed by atoms with Gasteiger partial charge in [-0.1, -0.05) is 23.9 Å². The fourth-order valence-electron chi connectivity index (χ4n) is 1.45. The van der Waals surface area contributed by atoms with Crippen LogP contribution in [0.5, 0.6) is 0 Å². The molecule has 1 N–H and O–H groups in total. The van der Waals surface area contributed by atoms with Crippen LogP contribution in [0.1, 0.15) is 23.2 Å². The number of rotatable bonds is 6. The summed E-state index contributed by atoms with van der Waals surface area (Å²) in [6.07, 6.45) is 1.24. The van der Waals surface area contributed by atoms with Crippen LogP contribution in [0, 0.1) is 0 Å². The lowest BCUT2D eigenvalue weighted by molar-refractivity contribution is -0.111. The molecule has 4 nitrogen and oxygen atoms in total. The molecule has 0 unspecified atom stereocenters. The molecule has 0 amide bonds. The molecule has 1 aromatic carbocycles. The van der Waals surface area contributed by atoms with Crippen molar-refractivity contribution in [3.05, 3.63) is 29.8 Å². The fraction of sp³-hybridized carbons (Fsp3) is 0.385. The first kappa shape index (κ1) is 14.7. The topological polar surface area (TPSA) is 57.6 Å². The Hall–Kier alpha value is -1.33. The number of benzene rings is 1. The normalized spacial score (nSPS) is 10.6. The van der Waals surface area contributed by atoms with Gasteiger partial charge >= 0.3 is 5.97 Å². The third-order valence-corrected chi connectivity index (χ3v) is 3.34. The first-order valence-corrected chi connectivity index (χ1v) is 6.50. The van der Waals surface area contributed by atoms with Crippen molar-refractivity contribution in [2.45, 2.75) is 17.7 Å². The van der Waals surface area contributed by atoms with Gasteiger partial charge in [-0.3, -0.25) is 4.79 Å². The van der Waals surface area contributed by atoms with Crippen LogP contribution in [-0.4, -0.2) is 41.7 Å². The summed E-state index contributed by atoms with van der Waals surface area (Å²) in [4.78, 5) is 25.2. The summed E-state index contributed by atoms with van der Waals surface area (Å²) in [6.45, 7) is 0.854. The summed E-state index contributed by atoms with van der Waals surface area (Å²) >= 11 is 1.01. The van der Waals surface area contributed by atoms with Crippen LogP contribution < -0.4 is 0 Å². The number of carbonyl (C=O) groups excluding carboxylic acids is 1. The number of aromatic carboxylic acids is 1. The number of nitrogens with zero attached hydrogens (tertiary/aromatic N) is 1. The Bertz CT molecular complexity index is 432. The Morgan fingerprint density at radius 3 is 2.56 bits per heavy atom. The Labute approximate surface area is 111 Å². The molecule has 0 spiro atoms. The quantitative estimate of drug-likeness (QED) is 0.802. The van der Waals surface area contributed by atoms with Crippen LogP contribution in [0.4, 0.5) is 0 Å². The molecule has 1 rings (SSSR count). The van der Waals surface area contributed by atoms with Crippen molar-refractivity contribution in [1.29, 1.82) is 0 Å². The van der Waals surface area contributed by atoms with Crippen molar-refractivity contribution in [3.8, 4) is 0 Å². The summed E-state index contributed by atoms with van der Waals surface area (Å²) in [6, 6.07) is 6.57. The van der Waals surface area contributed by atoms with Gasteiger partial charge in [-0.15, -0.1) is 0 Å². The van der Waals surface area contributed by atoms with E-state index in [1.807, 2.05) is 19.0 Å². The van der Waals surface area contributed by atoms with Crippen LogP contribution in [0.3, 0.4) is 0 Å². The SMILES string of the molecule is CN(C)CCCC(=O)Sc1ccccc1C(=O)O. The van der Waals surface area contributed by atoms with Crippen molar-refractivity contribution in [3.63, 3.8) is 0 Å². The molecule has 5 heteroatoms. The van der Waals surface area contributed by atoms with Gasteiger partial charge in [-0.05, 0) is 39.2 Å². The molecule has 0 fully saturated rings. The summed E-state index contributed by atoms with van der Waals surface area (Å²) in [7, 11) is 3.91. The first-order chi connectivity index (χ1) is 8.50. The average molecular weight is 267 g/mol. The van der Waals surface area contributed by atoms with E-state index < -0.39 is 5.97 Å². The van der Waals surface area contributed by atoms with E-state index in [4.69, 9.17) is 5.11 Å². The highest BCUT2D eigenvalue weighted by Crippen LogP contribution is 2.24. The molecular weight excluding hydrogens is 250 g/mol. The third kappa shape index (κ3) is 4.89. The number of hydrogen-bond acceptors (Lipinski definition) is 4. The highest BCUT2D eigenvalue weighted by atomic mass is 32.2. The van der Waals surface area contributed by atoms with E-state index >= 15 is 0 Å². The standard InChI is InChI=1S/C13H17NO3S/c1-14(2)9-5-8-12(15)18-11-7-4-3-6-10(11)13(16)17/h3-4,6-7H,5,8-9H2,1-2H3,(H,16,17). The molecule has 0 aliphatic carbocycles. The number of hydrogen-bond donors (Lipinski definition) is 1. The van der Waals surface area contributed by atoms with Crippen molar-refractivity contribution in [1.82, 2.24) is 4.90 Å². The average Bonchev–Trinajstić information content (AvgIpc) is 2.28.